The minimum Gasteiger partial charge on any atom is -0.857 e. The zero-order chi connectivity index (χ0) is 23.0. The SMILES string of the molecule is Nc1nc(/C(=N/O)C([O-])=N[C@@H]2C(=O)N3C(C(=O)O)=C(/C=C/c4cc(Cl)no4)CS[C@H]23)cs1.[Na+]. The number of allylic oxidation sites excluding steroid dienone is 1. The number of halogens is 1. The van der Waals surface area contributed by atoms with Crippen LogP contribution in [0.4, 0.5) is 5.13 Å². The molecule has 0 saturated carbocycles. The van der Waals surface area contributed by atoms with E-state index in [4.69, 9.17) is 21.9 Å². The molecule has 0 radical (unpaired) electrons. The third-order valence-corrected chi connectivity index (χ3v) is 6.58. The molecule has 4 N–H and O–H groups in total. The largest absolute Gasteiger partial charge is 1.00 e. The molecule has 2 aromatic heterocycles. The number of aliphatic imine (C=N–C) groups is 1. The monoisotopic (exact) mass is 518 g/mol. The van der Waals surface area contributed by atoms with Crippen molar-refractivity contribution in [2.24, 2.45) is 10.1 Å². The number of nitrogens with zero attached hydrogens (tertiary/aromatic N) is 5. The number of carbonyl (C=O) groups excluding carboxylic acids is 1. The zero-order valence-corrected chi connectivity index (χ0v) is 21.1. The molecule has 0 spiro atoms. The van der Waals surface area contributed by atoms with E-state index in [1.165, 1.54) is 35.4 Å². The van der Waals surface area contributed by atoms with E-state index in [0.29, 0.717) is 11.3 Å². The van der Waals surface area contributed by atoms with Gasteiger partial charge in [0.05, 0.1) is 0 Å². The fourth-order valence-corrected chi connectivity index (χ4v) is 5.04. The second-order valence-electron chi connectivity index (χ2n) is 6.37. The maximum Gasteiger partial charge on any atom is 1.00 e. The number of carboxylic acids is 1. The van der Waals surface area contributed by atoms with Crippen molar-refractivity contribution in [1.82, 2.24) is 15.0 Å². The molecule has 16 heteroatoms. The van der Waals surface area contributed by atoms with Crippen LogP contribution in [0.25, 0.3) is 6.08 Å². The third-order valence-electron chi connectivity index (χ3n) is 4.44. The second kappa shape index (κ2) is 10.3. The van der Waals surface area contributed by atoms with Crippen LogP contribution in [0.5, 0.6) is 0 Å². The van der Waals surface area contributed by atoms with Gasteiger partial charge in [-0.2, -0.15) is 0 Å². The smallest absolute Gasteiger partial charge is 0.857 e. The van der Waals surface area contributed by atoms with Gasteiger partial charge in [-0.15, -0.1) is 23.1 Å². The minimum atomic E-state index is -1.31. The number of carboxylic acid groups (broad SMARTS) is 1. The predicted octanol–water partition coefficient (Wildman–Crippen LogP) is -2.36. The molecule has 0 bridgehead atoms. The van der Waals surface area contributed by atoms with E-state index in [1.807, 2.05) is 0 Å². The molecule has 2 aromatic rings. The molecular weight excluding hydrogens is 507 g/mol. The Labute approximate surface area is 220 Å². The zero-order valence-electron chi connectivity index (χ0n) is 16.7. The summed E-state index contributed by atoms with van der Waals surface area (Å²) in [5.41, 5.74) is 5.22. The number of fused-ring (bicyclic) bond motifs is 1. The number of rotatable bonds is 6. The number of nitrogen functional groups attached to an aromatic ring is 1. The number of nitrogens with two attached hydrogens (primary N) is 1. The molecule has 1 saturated heterocycles. The van der Waals surface area contributed by atoms with Gasteiger partial charge in [0.1, 0.15) is 22.5 Å². The van der Waals surface area contributed by atoms with Crippen LogP contribution in [0.1, 0.15) is 11.5 Å². The molecule has 2 aliphatic heterocycles. The van der Waals surface area contributed by atoms with E-state index in [0.717, 1.165) is 16.2 Å². The number of carbonyl (C=O) groups is 2. The van der Waals surface area contributed by atoms with Gasteiger partial charge in [0, 0.05) is 23.1 Å². The quantitative estimate of drug-likeness (QED) is 0.0930. The molecule has 4 rings (SSSR count). The molecule has 1 amide bonds. The summed E-state index contributed by atoms with van der Waals surface area (Å²) in [5.74, 6) is -2.40. The molecule has 2 aliphatic rings. The van der Waals surface area contributed by atoms with Gasteiger partial charge in [0.15, 0.2) is 22.1 Å². The Hall–Kier alpha value is -2.36. The number of thioether (sulfide) groups is 1. The number of hydrogen-bond donors (Lipinski definition) is 3. The summed E-state index contributed by atoms with van der Waals surface area (Å²) < 4.78 is 4.94. The average molecular weight is 519 g/mol. The van der Waals surface area contributed by atoms with Crippen LogP contribution >= 0.6 is 34.7 Å². The molecule has 2 atom stereocenters. The van der Waals surface area contributed by atoms with Crippen LogP contribution in [0.2, 0.25) is 5.15 Å². The number of thiazole rings is 1. The molecule has 166 valence electrons. The van der Waals surface area contributed by atoms with Crippen LogP contribution in [-0.2, 0) is 9.59 Å². The normalized spacial score (nSPS) is 21.1. The Bertz CT molecular complexity index is 1220. The number of anilines is 1. The van der Waals surface area contributed by atoms with E-state index < -0.39 is 34.9 Å². The van der Waals surface area contributed by atoms with Crippen molar-refractivity contribution in [3.63, 3.8) is 0 Å². The van der Waals surface area contributed by atoms with Gasteiger partial charge in [-0.25, -0.2) is 9.78 Å². The predicted molar refractivity (Wildman–Crippen MR) is 114 cm³/mol. The first kappa shape index (κ1) is 25.3. The van der Waals surface area contributed by atoms with Gasteiger partial charge in [-0.05, 0) is 11.6 Å². The summed E-state index contributed by atoms with van der Waals surface area (Å²) in [5, 5.41) is 38.8. The van der Waals surface area contributed by atoms with Crippen molar-refractivity contribution >= 4 is 69.4 Å². The molecule has 1 fully saturated rings. The summed E-state index contributed by atoms with van der Waals surface area (Å²) in [6, 6.07) is 0.317. The number of aromatic nitrogens is 2. The molecular formula is C17H12ClN6NaO6S2. The van der Waals surface area contributed by atoms with Gasteiger partial charge < -0.3 is 25.7 Å². The summed E-state index contributed by atoms with van der Waals surface area (Å²) >= 11 is 7.96. The number of β-lactam (4-membered cyclic amide) rings is 1. The van der Waals surface area contributed by atoms with E-state index in [9.17, 15) is 25.0 Å². The van der Waals surface area contributed by atoms with E-state index in [-0.39, 0.29) is 57.0 Å². The van der Waals surface area contributed by atoms with Crippen molar-refractivity contribution in [2.75, 3.05) is 11.5 Å². The summed E-state index contributed by atoms with van der Waals surface area (Å²) in [6.45, 7) is 0. The number of amides is 1. The van der Waals surface area contributed by atoms with Crippen LogP contribution < -0.4 is 40.4 Å². The fourth-order valence-electron chi connectivity index (χ4n) is 3.05. The molecule has 33 heavy (non-hydrogen) atoms. The van der Waals surface area contributed by atoms with E-state index in [1.54, 1.807) is 0 Å². The Balaban J connectivity index is 0.00000306. The van der Waals surface area contributed by atoms with Crippen LogP contribution in [0.3, 0.4) is 0 Å². The molecule has 0 aliphatic carbocycles. The molecule has 0 aromatic carbocycles. The fraction of sp³-hybridized carbons (Fsp3) is 0.176. The first-order valence-electron chi connectivity index (χ1n) is 8.70. The maximum absolute atomic E-state index is 12.7. The van der Waals surface area contributed by atoms with Gasteiger partial charge in [0.25, 0.3) is 5.91 Å². The van der Waals surface area contributed by atoms with Gasteiger partial charge in [0.2, 0.25) is 0 Å². The molecule has 4 heterocycles. The van der Waals surface area contributed by atoms with Crippen molar-refractivity contribution in [3.8, 4) is 0 Å². The van der Waals surface area contributed by atoms with E-state index >= 15 is 0 Å². The summed E-state index contributed by atoms with van der Waals surface area (Å²) in [6.07, 6.45) is 2.98. The molecule has 12 nitrogen and oxygen atoms in total. The summed E-state index contributed by atoms with van der Waals surface area (Å²) in [4.78, 5) is 33.3. The van der Waals surface area contributed by atoms with Crippen LogP contribution in [0.15, 0.2) is 43.5 Å². The maximum atomic E-state index is 12.7. The molecule has 0 unspecified atom stereocenters. The number of hydrogen-bond acceptors (Lipinski definition) is 12. The number of aliphatic carboxylic acids is 1. The Morgan fingerprint density at radius 2 is 2.21 bits per heavy atom. The second-order valence-corrected chi connectivity index (χ2v) is 8.75. The summed E-state index contributed by atoms with van der Waals surface area (Å²) in [7, 11) is 0. The Kier molecular flexibility index (Phi) is 7.87. The van der Waals surface area contributed by atoms with Gasteiger partial charge in [-0.3, -0.25) is 14.7 Å². The topological polar surface area (TPSA) is 191 Å². The van der Waals surface area contributed by atoms with Gasteiger partial charge >= 0.3 is 35.5 Å². The van der Waals surface area contributed by atoms with Crippen molar-refractivity contribution < 1.29 is 59.1 Å². The van der Waals surface area contributed by atoms with Crippen molar-refractivity contribution in [3.05, 3.63) is 45.4 Å². The Morgan fingerprint density at radius 1 is 1.45 bits per heavy atom. The third kappa shape index (κ3) is 4.95. The van der Waals surface area contributed by atoms with Crippen LogP contribution in [-0.4, -0.2) is 66.0 Å². The first-order valence-corrected chi connectivity index (χ1v) is 11.0. The minimum absolute atomic E-state index is 0. The Morgan fingerprint density at radius 3 is 2.79 bits per heavy atom. The number of oxime groups is 1. The van der Waals surface area contributed by atoms with Crippen LogP contribution in [0, 0.1) is 0 Å². The van der Waals surface area contributed by atoms with Crippen molar-refractivity contribution in [2.45, 2.75) is 11.4 Å². The van der Waals surface area contributed by atoms with Gasteiger partial charge in [-0.1, -0.05) is 28.0 Å². The first-order chi connectivity index (χ1) is 15.3. The van der Waals surface area contributed by atoms with E-state index in [2.05, 4.69) is 20.3 Å². The average Bonchev–Trinajstić information content (AvgIpc) is 3.38. The standard InChI is InChI=1S/C17H13ClN6O6S2.Na/c18-9-3-7(30-23-9)2-1-6-4-31-15-11(14(26)24(15)12(6)16(27)28)21-13(25)10(22-29)8-5-32-17(19)20-8;/h1-3,5,11,15,29H,4H2,(H2,19,20)(H,21,25)(H,27,28);/q;+1/p-1/b2-1+,22-10-;/t11-,15-;/m1./s1. The van der Waals surface area contributed by atoms with Crippen molar-refractivity contribution in [1.29, 1.82) is 0 Å².